The lowest BCUT2D eigenvalue weighted by Crippen LogP contribution is -2.35. The summed E-state index contributed by atoms with van der Waals surface area (Å²) in [5, 5.41) is 8.63. The molecule has 0 unspecified atom stereocenters. The van der Waals surface area contributed by atoms with E-state index in [1.165, 1.54) is 4.31 Å². The van der Waals surface area contributed by atoms with Gasteiger partial charge in [-0.15, -0.1) is 0 Å². The van der Waals surface area contributed by atoms with Crippen LogP contribution in [-0.4, -0.2) is 57.0 Å². The van der Waals surface area contributed by atoms with Crippen LogP contribution in [0.5, 0.6) is 0 Å². The van der Waals surface area contributed by atoms with Crippen molar-refractivity contribution >= 4 is 10.0 Å². The molecule has 0 aromatic carbocycles. The first-order valence-corrected chi connectivity index (χ1v) is 7.30. The fraction of sp³-hybridized carbons (Fsp3) is 1.00. The van der Waals surface area contributed by atoms with Crippen LogP contribution in [0.2, 0.25) is 0 Å². The van der Waals surface area contributed by atoms with Crippen LogP contribution in [0.3, 0.4) is 0 Å². The second-order valence-electron chi connectivity index (χ2n) is 4.23. The first-order valence-electron chi connectivity index (χ1n) is 5.69. The molecule has 1 N–H and O–H groups in total. The fourth-order valence-corrected chi connectivity index (χ4v) is 3.05. The molecule has 0 radical (unpaired) electrons. The van der Waals surface area contributed by atoms with Crippen molar-refractivity contribution in [1.29, 1.82) is 0 Å². The van der Waals surface area contributed by atoms with Gasteiger partial charge in [0.15, 0.2) is 0 Å². The molecule has 96 valence electrons. The molecule has 0 atom stereocenters. The Bertz CT molecular complexity index is 285. The summed E-state index contributed by atoms with van der Waals surface area (Å²) < 4.78 is 30.1. The summed E-state index contributed by atoms with van der Waals surface area (Å²) in [6.45, 7) is 1.95. The number of aliphatic hydroxyl groups is 1. The highest BCUT2D eigenvalue weighted by Gasteiger charge is 2.22. The Morgan fingerprint density at radius 2 is 2.00 bits per heavy atom. The van der Waals surface area contributed by atoms with Gasteiger partial charge in [0.25, 0.3) is 0 Å². The monoisotopic (exact) mass is 251 g/mol. The Hall–Kier alpha value is -0.170. The highest BCUT2D eigenvalue weighted by atomic mass is 32.2. The lowest BCUT2D eigenvalue weighted by Gasteiger charge is -2.26. The second-order valence-corrected chi connectivity index (χ2v) is 6.42. The van der Waals surface area contributed by atoms with Crippen molar-refractivity contribution in [2.75, 3.05) is 39.2 Å². The molecule has 1 rings (SSSR count). The minimum absolute atomic E-state index is 0.0310. The second kappa shape index (κ2) is 6.54. The zero-order valence-electron chi connectivity index (χ0n) is 9.76. The summed E-state index contributed by atoms with van der Waals surface area (Å²) in [5.41, 5.74) is 0. The van der Waals surface area contributed by atoms with Gasteiger partial charge >= 0.3 is 0 Å². The molecule has 1 heterocycles. The van der Waals surface area contributed by atoms with Gasteiger partial charge in [-0.2, -0.15) is 0 Å². The molecule has 5 nitrogen and oxygen atoms in total. The minimum atomic E-state index is -3.19. The van der Waals surface area contributed by atoms with Crippen LogP contribution in [-0.2, 0) is 14.8 Å². The zero-order valence-corrected chi connectivity index (χ0v) is 10.6. The molecule has 16 heavy (non-hydrogen) atoms. The van der Waals surface area contributed by atoms with E-state index in [0.717, 1.165) is 26.1 Å². The summed E-state index contributed by atoms with van der Waals surface area (Å²) >= 11 is 0. The van der Waals surface area contributed by atoms with Crippen molar-refractivity contribution in [3.8, 4) is 0 Å². The number of hydrogen-bond donors (Lipinski definition) is 1. The van der Waals surface area contributed by atoms with E-state index in [0.29, 0.717) is 18.9 Å². The molecule has 0 bridgehead atoms. The molecule has 0 aliphatic carbocycles. The van der Waals surface area contributed by atoms with Crippen LogP contribution in [0.1, 0.15) is 19.3 Å². The van der Waals surface area contributed by atoms with Crippen molar-refractivity contribution < 1.29 is 18.3 Å². The molecule has 0 aromatic rings. The Morgan fingerprint density at radius 1 is 1.38 bits per heavy atom. The van der Waals surface area contributed by atoms with Crippen LogP contribution in [0.15, 0.2) is 0 Å². The van der Waals surface area contributed by atoms with Crippen LogP contribution in [0.25, 0.3) is 0 Å². The zero-order chi connectivity index (χ0) is 12.0. The van der Waals surface area contributed by atoms with E-state index in [4.69, 9.17) is 9.84 Å². The van der Waals surface area contributed by atoms with Crippen molar-refractivity contribution in [2.45, 2.75) is 19.3 Å². The Balaban J connectivity index is 2.40. The molecule has 0 amide bonds. The lowest BCUT2D eigenvalue weighted by molar-refractivity contribution is 0.0620. The maximum absolute atomic E-state index is 11.7. The van der Waals surface area contributed by atoms with Gasteiger partial charge < -0.3 is 9.84 Å². The minimum Gasteiger partial charge on any atom is -0.396 e. The van der Waals surface area contributed by atoms with Gasteiger partial charge in [0.2, 0.25) is 10.0 Å². The van der Waals surface area contributed by atoms with Crippen molar-refractivity contribution in [2.24, 2.45) is 5.92 Å². The summed E-state index contributed by atoms with van der Waals surface area (Å²) in [4.78, 5) is 0. The molecule has 0 spiro atoms. The van der Waals surface area contributed by atoms with Crippen molar-refractivity contribution in [3.63, 3.8) is 0 Å². The van der Waals surface area contributed by atoms with Gasteiger partial charge in [-0.3, -0.25) is 0 Å². The lowest BCUT2D eigenvalue weighted by atomic mass is 10.0. The molecular formula is C10H21NO4S. The third kappa shape index (κ3) is 4.37. The standard InChI is InChI=1S/C10H21NO4S/c1-11(16(13,14)8-2-5-12)9-10-3-6-15-7-4-10/h10,12H,2-9H2,1H3. The van der Waals surface area contributed by atoms with E-state index in [9.17, 15) is 8.42 Å². The SMILES string of the molecule is CN(CC1CCOCC1)S(=O)(=O)CCCO. The average Bonchev–Trinajstić information content (AvgIpc) is 2.28. The molecule has 0 saturated carbocycles. The number of nitrogens with zero attached hydrogens (tertiary/aromatic N) is 1. The summed E-state index contributed by atoms with van der Waals surface area (Å²) in [7, 11) is -1.58. The Labute approximate surface area is 97.4 Å². The third-order valence-corrected chi connectivity index (χ3v) is 4.79. The molecule has 0 aromatic heterocycles. The van der Waals surface area contributed by atoms with Gasteiger partial charge in [0, 0.05) is 33.4 Å². The molecule has 1 fully saturated rings. The van der Waals surface area contributed by atoms with E-state index in [1.54, 1.807) is 7.05 Å². The maximum Gasteiger partial charge on any atom is 0.213 e. The highest BCUT2D eigenvalue weighted by Crippen LogP contribution is 2.17. The van der Waals surface area contributed by atoms with Crippen LogP contribution >= 0.6 is 0 Å². The van der Waals surface area contributed by atoms with Crippen molar-refractivity contribution in [1.82, 2.24) is 4.31 Å². The highest BCUT2D eigenvalue weighted by molar-refractivity contribution is 7.89. The van der Waals surface area contributed by atoms with E-state index in [-0.39, 0.29) is 12.4 Å². The molecule has 1 aliphatic heterocycles. The third-order valence-electron chi connectivity index (χ3n) is 2.89. The van der Waals surface area contributed by atoms with E-state index in [1.807, 2.05) is 0 Å². The van der Waals surface area contributed by atoms with E-state index in [2.05, 4.69) is 0 Å². The number of ether oxygens (including phenoxy) is 1. The predicted molar refractivity (Wildman–Crippen MR) is 61.7 cm³/mol. The van der Waals surface area contributed by atoms with E-state index >= 15 is 0 Å². The molecular weight excluding hydrogens is 230 g/mol. The summed E-state index contributed by atoms with van der Waals surface area (Å²) in [6.07, 6.45) is 2.17. The predicted octanol–water partition coefficient (Wildman–Crippen LogP) is 0.0570. The summed E-state index contributed by atoms with van der Waals surface area (Å²) in [6, 6.07) is 0. The van der Waals surface area contributed by atoms with E-state index < -0.39 is 10.0 Å². The van der Waals surface area contributed by atoms with Gasteiger partial charge in [0.05, 0.1) is 5.75 Å². The van der Waals surface area contributed by atoms with Crippen molar-refractivity contribution in [3.05, 3.63) is 0 Å². The van der Waals surface area contributed by atoms with Crippen LogP contribution in [0.4, 0.5) is 0 Å². The molecule has 1 saturated heterocycles. The van der Waals surface area contributed by atoms with Gasteiger partial charge in [-0.25, -0.2) is 12.7 Å². The average molecular weight is 251 g/mol. The topological polar surface area (TPSA) is 66.8 Å². The Morgan fingerprint density at radius 3 is 2.56 bits per heavy atom. The van der Waals surface area contributed by atoms with Crippen LogP contribution in [0, 0.1) is 5.92 Å². The van der Waals surface area contributed by atoms with Gasteiger partial charge in [0.1, 0.15) is 0 Å². The number of aliphatic hydroxyl groups excluding tert-OH is 1. The molecule has 6 heteroatoms. The van der Waals surface area contributed by atoms with Gasteiger partial charge in [-0.1, -0.05) is 0 Å². The number of rotatable bonds is 6. The van der Waals surface area contributed by atoms with Gasteiger partial charge in [-0.05, 0) is 25.2 Å². The van der Waals surface area contributed by atoms with Crippen LogP contribution < -0.4 is 0 Å². The Kier molecular flexibility index (Phi) is 5.68. The molecule has 1 aliphatic rings. The maximum atomic E-state index is 11.7. The first kappa shape index (κ1) is 13.9. The smallest absolute Gasteiger partial charge is 0.213 e. The quantitative estimate of drug-likeness (QED) is 0.725. The summed E-state index contributed by atoms with van der Waals surface area (Å²) in [5.74, 6) is 0.436. The largest absolute Gasteiger partial charge is 0.396 e. The number of hydrogen-bond acceptors (Lipinski definition) is 4. The normalized spacial score (nSPS) is 19.2. The number of sulfonamides is 1. The fourth-order valence-electron chi connectivity index (χ4n) is 1.81. The first-order chi connectivity index (χ1) is 7.56.